The SMILES string of the molecule is CC1CC(C(=O)O)C(C(=O)NCCS(N)(=O)=O)C1. The molecule has 3 unspecified atom stereocenters. The molecule has 0 aromatic rings. The van der Waals surface area contributed by atoms with Crippen molar-refractivity contribution in [2.45, 2.75) is 19.8 Å². The van der Waals surface area contributed by atoms with Crippen LogP contribution in [-0.4, -0.2) is 37.7 Å². The van der Waals surface area contributed by atoms with Crippen LogP contribution in [-0.2, 0) is 19.6 Å². The van der Waals surface area contributed by atoms with Crippen molar-refractivity contribution in [2.75, 3.05) is 12.3 Å². The maximum atomic E-state index is 11.8. The van der Waals surface area contributed by atoms with Gasteiger partial charge in [0.05, 0.1) is 17.6 Å². The van der Waals surface area contributed by atoms with Gasteiger partial charge in [-0.05, 0) is 18.8 Å². The van der Waals surface area contributed by atoms with Gasteiger partial charge in [0.1, 0.15) is 0 Å². The maximum Gasteiger partial charge on any atom is 0.307 e. The monoisotopic (exact) mass is 278 g/mol. The molecule has 104 valence electrons. The minimum atomic E-state index is -3.61. The Morgan fingerprint density at radius 2 is 1.89 bits per heavy atom. The van der Waals surface area contributed by atoms with Crippen molar-refractivity contribution in [2.24, 2.45) is 22.9 Å². The zero-order chi connectivity index (χ0) is 13.9. The summed E-state index contributed by atoms with van der Waals surface area (Å²) < 4.78 is 21.4. The fourth-order valence-corrected chi connectivity index (χ4v) is 2.69. The van der Waals surface area contributed by atoms with E-state index in [1.54, 1.807) is 0 Å². The molecule has 0 aromatic carbocycles. The number of hydrogen-bond acceptors (Lipinski definition) is 4. The zero-order valence-corrected chi connectivity index (χ0v) is 10.9. The van der Waals surface area contributed by atoms with E-state index in [0.29, 0.717) is 12.8 Å². The molecule has 1 fully saturated rings. The molecule has 4 N–H and O–H groups in total. The molecule has 7 nitrogen and oxygen atoms in total. The first kappa shape index (κ1) is 14.9. The lowest BCUT2D eigenvalue weighted by atomic mass is 9.95. The number of aliphatic carboxylic acids is 1. The topological polar surface area (TPSA) is 127 Å². The lowest BCUT2D eigenvalue weighted by molar-refractivity contribution is -0.146. The van der Waals surface area contributed by atoms with E-state index in [1.807, 2.05) is 6.92 Å². The first-order valence-electron chi connectivity index (χ1n) is 5.71. The zero-order valence-electron chi connectivity index (χ0n) is 10.1. The van der Waals surface area contributed by atoms with E-state index in [1.165, 1.54) is 0 Å². The van der Waals surface area contributed by atoms with E-state index in [2.05, 4.69) is 5.32 Å². The number of carboxylic acid groups (broad SMARTS) is 1. The van der Waals surface area contributed by atoms with E-state index in [0.717, 1.165) is 0 Å². The molecule has 0 heterocycles. The van der Waals surface area contributed by atoms with Crippen molar-refractivity contribution in [1.82, 2.24) is 5.32 Å². The van der Waals surface area contributed by atoms with Crippen LogP contribution >= 0.6 is 0 Å². The number of carbonyl (C=O) groups is 2. The molecule has 0 spiro atoms. The highest BCUT2D eigenvalue weighted by Gasteiger charge is 2.40. The summed E-state index contributed by atoms with van der Waals surface area (Å²) in [6.07, 6.45) is 0.987. The first-order chi connectivity index (χ1) is 8.20. The van der Waals surface area contributed by atoms with Crippen molar-refractivity contribution < 1.29 is 23.1 Å². The normalized spacial score (nSPS) is 28.0. The Balaban J connectivity index is 2.53. The lowest BCUT2D eigenvalue weighted by Gasteiger charge is -2.15. The number of primary sulfonamides is 1. The van der Waals surface area contributed by atoms with Gasteiger partial charge < -0.3 is 10.4 Å². The van der Waals surface area contributed by atoms with Gasteiger partial charge in [-0.3, -0.25) is 9.59 Å². The fourth-order valence-electron chi connectivity index (χ4n) is 2.30. The molecule has 18 heavy (non-hydrogen) atoms. The van der Waals surface area contributed by atoms with Gasteiger partial charge in [0.25, 0.3) is 0 Å². The number of sulfonamides is 1. The third-order valence-electron chi connectivity index (χ3n) is 3.14. The summed E-state index contributed by atoms with van der Waals surface area (Å²) in [4.78, 5) is 22.8. The van der Waals surface area contributed by atoms with E-state index in [9.17, 15) is 18.0 Å². The fraction of sp³-hybridized carbons (Fsp3) is 0.800. The molecule has 1 aliphatic rings. The Labute approximate surface area is 106 Å². The number of nitrogens with two attached hydrogens (primary N) is 1. The number of hydrogen-bond donors (Lipinski definition) is 3. The number of amides is 1. The second kappa shape index (κ2) is 5.66. The summed E-state index contributed by atoms with van der Waals surface area (Å²) in [6, 6.07) is 0. The molecule has 1 aliphatic carbocycles. The molecule has 0 aliphatic heterocycles. The number of carbonyl (C=O) groups excluding carboxylic acids is 1. The predicted octanol–water partition coefficient (Wildman–Crippen LogP) is -0.862. The Morgan fingerprint density at radius 1 is 1.33 bits per heavy atom. The first-order valence-corrected chi connectivity index (χ1v) is 7.43. The minimum Gasteiger partial charge on any atom is -0.481 e. The minimum absolute atomic E-state index is 0.0884. The number of nitrogens with one attached hydrogen (secondary N) is 1. The van der Waals surface area contributed by atoms with Crippen molar-refractivity contribution in [3.05, 3.63) is 0 Å². The average Bonchev–Trinajstić information content (AvgIpc) is 2.58. The van der Waals surface area contributed by atoms with Crippen LogP contribution in [0.25, 0.3) is 0 Å². The molecular formula is C10H18N2O5S. The molecule has 0 bridgehead atoms. The predicted molar refractivity (Wildman–Crippen MR) is 64.0 cm³/mol. The number of carboxylic acids is 1. The smallest absolute Gasteiger partial charge is 0.307 e. The molecule has 1 saturated carbocycles. The van der Waals surface area contributed by atoms with Crippen LogP contribution in [0.1, 0.15) is 19.8 Å². The summed E-state index contributed by atoms with van der Waals surface area (Å²) in [5.74, 6) is -2.83. The van der Waals surface area contributed by atoms with Gasteiger partial charge in [-0.15, -0.1) is 0 Å². The Morgan fingerprint density at radius 3 is 2.39 bits per heavy atom. The van der Waals surface area contributed by atoms with Gasteiger partial charge in [-0.25, -0.2) is 13.6 Å². The largest absolute Gasteiger partial charge is 0.481 e. The quantitative estimate of drug-likeness (QED) is 0.603. The van der Waals surface area contributed by atoms with Crippen molar-refractivity contribution in [3.63, 3.8) is 0 Å². The van der Waals surface area contributed by atoms with Gasteiger partial charge in [0.15, 0.2) is 0 Å². The highest BCUT2D eigenvalue weighted by Crippen LogP contribution is 2.36. The number of rotatable bonds is 5. The van der Waals surface area contributed by atoms with Gasteiger partial charge in [0.2, 0.25) is 15.9 Å². The van der Waals surface area contributed by atoms with E-state index in [-0.39, 0.29) is 18.2 Å². The lowest BCUT2D eigenvalue weighted by Crippen LogP contribution is -2.38. The van der Waals surface area contributed by atoms with Crippen molar-refractivity contribution in [1.29, 1.82) is 0 Å². The van der Waals surface area contributed by atoms with Crippen molar-refractivity contribution >= 4 is 21.9 Å². The summed E-state index contributed by atoms with van der Waals surface area (Å²) in [7, 11) is -3.61. The summed E-state index contributed by atoms with van der Waals surface area (Å²) in [5.41, 5.74) is 0. The van der Waals surface area contributed by atoms with Crippen LogP contribution in [0.4, 0.5) is 0 Å². The second-order valence-electron chi connectivity index (χ2n) is 4.79. The van der Waals surface area contributed by atoms with Crippen LogP contribution in [0.2, 0.25) is 0 Å². The Kier molecular flexibility index (Phi) is 4.69. The van der Waals surface area contributed by atoms with E-state index in [4.69, 9.17) is 10.2 Å². The molecule has 1 rings (SSSR count). The van der Waals surface area contributed by atoms with E-state index < -0.39 is 33.7 Å². The van der Waals surface area contributed by atoms with Crippen molar-refractivity contribution in [3.8, 4) is 0 Å². The third kappa shape index (κ3) is 4.26. The molecule has 1 amide bonds. The summed E-state index contributed by atoms with van der Waals surface area (Å²) in [5, 5.41) is 16.2. The van der Waals surface area contributed by atoms with Gasteiger partial charge in [0, 0.05) is 6.54 Å². The molecule has 3 atom stereocenters. The van der Waals surface area contributed by atoms with Crippen LogP contribution < -0.4 is 10.5 Å². The van der Waals surface area contributed by atoms with Gasteiger partial charge in [-0.2, -0.15) is 0 Å². The molecule has 0 radical (unpaired) electrons. The average molecular weight is 278 g/mol. The third-order valence-corrected chi connectivity index (χ3v) is 3.91. The molecular weight excluding hydrogens is 260 g/mol. The van der Waals surface area contributed by atoms with Gasteiger partial charge >= 0.3 is 5.97 Å². The summed E-state index contributed by atoms with van der Waals surface area (Å²) in [6.45, 7) is 1.81. The van der Waals surface area contributed by atoms with Crippen LogP contribution in [0, 0.1) is 17.8 Å². The maximum absolute atomic E-state index is 11.8. The summed E-state index contributed by atoms with van der Waals surface area (Å²) >= 11 is 0. The van der Waals surface area contributed by atoms with E-state index >= 15 is 0 Å². The van der Waals surface area contributed by atoms with Crippen LogP contribution in [0.5, 0.6) is 0 Å². The molecule has 0 saturated heterocycles. The second-order valence-corrected chi connectivity index (χ2v) is 6.52. The Bertz CT molecular complexity index is 434. The van der Waals surface area contributed by atoms with Gasteiger partial charge in [-0.1, -0.05) is 6.92 Å². The molecule has 8 heteroatoms. The highest BCUT2D eigenvalue weighted by molar-refractivity contribution is 7.89. The molecule has 0 aromatic heterocycles. The Hall–Kier alpha value is -1.15. The standard InChI is InChI=1S/C10H18N2O5S/c1-6-4-7(8(5-6)10(14)15)9(13)12-2-3-18(11,16)17/h6-8H,2-5H2,1H3,(H,12,13)(H,14,15)(H2,11,16,17). The van der Waals surface area contributed by atoms with Crippen LogP contribution in [0.3, 0.4) is 0 Å². The van der Waals surface area contributed by atoms with Crippen LogP contribution in [0.15, 0.2) is 0 Å². The highest BCUT2D eigenvalue weighted by atomic mass is 32.2.